The Morgan fingerprint density at radius 1 is 1.12 bits per heavy atom. The van der Waals surface area contributed by atoms with Gasteiger partial charge in [-0.3, -0.25) is 0 Å². The van der Waals surface area contributed by atoms with Crippen molar-refractivity contribution in [2.45, 2.75) is 66.0 Å². The van der Waals surface area contributed by atoms with Crippen molar-refractivity contribution in [3.05, 3.63) is 53.1 Å². The number of hydrogen-bond acceptors (Lipinski definition) is 2. The lowest BCUT2D eigenvalue weighted by atomic mass is 10.1. The van der Waals surface area contributed by atoms with Crippen LogP contribution in [0.25, 0.3) is 0 Å². The number of aromatic carboxylic acids is 1. The number of hydrogen-bond donors (Lipinski definition) is 0. The molecule has 2 aromatic rings. The summed E-state index contributed by atoms with van der Waals surface area (Å²) in [7, 11) is 0. The lowest BCUT2D eigenvalue weighted by Gasteiger charge is -2.07. The van der Waals surface area contributed by atoms with Crippen LogP contribution < -0.4 is 9.67 Å². The van der Waals surface area contributed by atoms with Crippen LogP contribution >= 0.6 is 0 Å². The first-order valence-corrected chi connectivity index (χ1v) is 8.95. The van der Waals surface area contributed by atoms with E-state index in [1.165, 1.54) is 30.8 Å². The van der Waals surface area contributed by atoms with Gasteiger partial charge in [0.05, 0.1) is 12.5 Å². The highest BCUT2D eigenvalue weighted by Gasteiger charge is 2.20. The summed E-state index contributed by atoms with van der Waals surface area (Å²) in [5.74, 6) is 0.242. The molecule has 1 aromatic carbocycles. The summed E-state index contributed by atoms with van der Waals surface area (Å²) >= 11 is 0. The molecule has 0 saturated heterocycles. The monoisotopic (exact) mass is 328 g/mol. The van der Waals surface area contributed by atoms with Crippen LogP contribution in [0.5, 0.6) is 0 Å². The summed E-state index contributed by atoms with van der Waals surface area (Å²) < 4.78 is 4.74. The average molecular weight is 328 g/mol. The second kappa shape index (κ2) is 8.67. The van der Waals surface area contributed by atoms with Gasteiger partial charge >= 0.3 is 0 Å². The number of carboxylic acids is 1. The Kier molecular flexibility index (Phi) is 6.59. The van der Waals surface area contributed by atoms with Gasteiger partial charge in [-0.2, -0.15) is 0 Å². The van der Waals surface area contributed by atoms with Crippen LogP contribution in [0, 0.1) is 6.92 Å². The number of benzene rings is 1. The summed E-state index contributed by atoms with van der Waals surface area (Å²) in [4.78, 5) is 10.9. The molecule has 0 radical (unpaired) electrons. The van der Waals surface area contributed by atoms with Gasteiger partial charge in [-0.25, -0.2) is 9.13 Å². The van der Waals surface area contributed by atoms with E-state index >= 15 is 0 Å². The van der Waals surface area contributed by atoms with E-state index in [0.717, 1.165) is 31.5 Å². The third-order valence-corrected chi connectivity index (χ3v) is 4.41. The van der Waals surface area contributed by atoms with Gasteiger partial charge in [0.2, 0.25) is 0 Å². The first-order valence-electron chi connectivity index (χ1n) is 8.95. The van der Waals surface area contributed by atoms with E-state index in [4.69, 9.17) is 0 Å². The Labute approximate surface area is 144 Å². The lowest BCUT2D eigenvalue weighted by molar-refractivity contribution is -0.695. The third-order valence-electron chi connectivity index (χ3n) is 4.41. The molecule has 4 heteroatoms. The molecule has 24 heavy (non-hydrogen) atoms. The summed E-state index contributed by atoms with van der Waals surface area (Å²) in [6.45, 7) is 8.41. The van der Waals surface area contributed by atoms with Crippen molar-refractivity contribution in [2.24, 2.45) is 0 Å². The number of aromatic nitrogens is 2. The van der Waals surface area contributed by atoms with Crippen LogP contribution in [-0.2, 0) is 19.5 Å². The number of carbonyl (C=O) groups is 1. The lowest BCUT2D eigenvalue weighted by Crippen LogP contribution is -2.38. The number of rotatable bonds is 9. The van der Waals surface area contributed by atoms with Crippen LogP contribution in [0.3, 0.4) is 0 Å². The van der Waals surface area contributed by atoms with E-state index in [1.54, 1.807) is 12.1 Å². The van der Waals surface area contributed by atoms with Crippen molar-refractivity contribution in [2.75, 3.05) is 0 Å². The zero-order valence-corrected chi connectivity index (χ0v) is 15.0. The molecule has 0 aliphatic rings. The van der Waals surface area contributed by atoms with Crippen molar-refractivity contribution >= 4 is 5.97 Å². The third kappa shape index (κ3) is 4.47. The zero-order valence-electron chi connectivity index (χ0n) is 15.0. The minimum Gasteiger partial charge on any atom is -0.545 e. The number of aryl methyl sites for hydroxylation is 1. The Hall–Kier alpha value is -2.10. The second-order valence-electron chi connectivity index (χ2n) is 6.41. The van der Waals surface area contributed by atoms with Crippen molar-refractivity contribution in [1.82, 2.24) is 4.57 Å². The van der Waals surface area contributed by atoms with Crippen LogP contribution in [0.1, 0.15) is 67.0 Å². The number of imidazole rings is 1. The first kappa shape index (κ1) is 18.2. The molecule has 0 aliphatic carbocycles. The predicted molar refractivity (Wildman–Crippen MR) is 92.8 cm³/mol. The fourth-order valence-corrected chi connectivity index (χ4v) is 3.15. The van der Waals surface area contributed by atoms with E-state index in [1.807, 2.05) is 12.1 Å². The minimum absolute atomic E-state index is 0.228. The van der Waals surface area contributed by atoms with Gasteiger partial charge in [0, 0.05) is 13.3 Å². The maximum atomic E-state index is 10.9. The minimum atomic E-state index is -1.13. The van der Waals surface area contributed by atoms with Gasteiger partial charge < -0.3 is 9.90 Å². The van der Waals surface area contributed by atoms with E-state index in [9.17, 15) is 9.90 Å². The molecule has 0 bridgehead atoms. The molecule has 0 N–H and O–H groups in total. The molecule has 1 heterocycles. The summed E-state index contributed by atoms with van der Waals surface area (Å²) in [5, 5.41) is 10.9. The Morgan fingerprint density at radius 2 is 1.83 bits per heavy atom. The predicted octanol–water partition coefficient (Wildman–Crippen LogP) is 2.64. The number of carbonyl (C=O) groups excluding carboxylic acids is 1. The van der Waals surface area contributed by atoms with Crippen LogP contribution in [-0.4, -0.2) is 10.5 Å². The van der Waals surface area contributed by atoms with E-state index in [0.29, 0.717) is 0 Å². The number of carboxylic acid groups (broad SMARTS) is 1. The maximum Gasteiger partial charge on any atom is 0.256 e. The highest BCUT2D eigenvalue weighted by atomic mass is 16.4. The molecular weight excluding hydrogens is 300 g/mol. The molecular formula is C20H28N2O2. The second-order valence-corrected chi connectivity index (χ2v) is 6.41. The van der Waals surface area contributed by atoms with Gasteiger partial charge in [0.1, 0.15) is 18.4 Å². The number of unbranched alkanes of at least 4 members (excludes halogenated alkanes) is 2. The molecule has 4 nitrogen and oxygen atoms in total. The SMILES string of the molecule is CCCCCc1n(CCC)c(C)c[n+]1Cc1ccc(C(=O)[O-])cc1. The van der Waals surface area contributed by atoms with E-state index in [2.05, 4.69) is 36.1 Å². The maximum absolute atomic E-state index is 10.9. The van der Waals surface area contributed by atoms with Crippen molar-refractivity contribution in [3.63, 3.8) is 0 Å². The first-order chi connectivity index (χ1) is 11.6. The van der Waals surface area contributed by atoms with Gasteiger partial charge in [0.25, 0.3) is 5.82 Å². The zero-order chi connectivity index (χ0) is 17.5. The molecule has 0 atom stereocenters. The average Bonchev–Trinajstić information content (AvgIpc) is 2.84. The van der Waals surface area contributed by atoms with Crippen LogP contribution in [0.2, 0.25) is 0 Å². The van der Waals surface area contributed by atoms with Crippen molar-refractivity contribution < 1.29 is 14.5 Å². The van der Waals surface area contributed by atoms with E-state index in [-0.39, 0.29) is 5.56 Å². The molecule has 2 rings (SSSR count). The molecule has 130 valence electrons. The van der Waals surface area contributed by atoms with E-state index < -0.39 is 5.97 Å². The summed E-state index contributed by atoms with van der Waals surface area (Å²) in [6, 6.07) is 7.00. The Balaban J connectivity index is 2.24. The molecule has 0 saturated carbocycles. The smallest absolute Gasteiger partial charge is 0.256 e. The van der Waals surface area contributed by atoms with Crippen LogP contribution in [0.15, 0.2) is 30.5 Å². The summed E-state index contributed by atoms with van der Waals surface area (Å²) in [5.41, 5.74) is 2.62. The van der Waals surface area contributed by atoms with Gasteiger partial charge in [0.15, 0.2) is 0 Å². The van der Waals surface area contributed by atoms with Gasteiger partial charge in [-0.1, -0.05) is 51.0 Å². The molecule has 0 amide bonds. The fraction of sp³-hybridized carbons (Fsp3) is 0.500. The van der Waals surface area contributed by atoms with Gasteiger partial charge in [-0.05, 0) is 24.0 Å². The normalized spacial score (nSPS) is 11.0. The largest absolute Gasteiger partial charge is 0.545 e. The molecule has 0 spiro atoms. The van der Waals surface area contributed by atoms with Crippen molar-refractivity contribution in [1.29, 1.82) is 0 Å². The Morgan fingerprint density at radius 3 is 2.42 bits per heavy atom. The molecule has 0 fully saturated rings. The molecule has 1 aromatic heterocycles. The van der Waals surface area contributed by atoms with Crippen molar-refractivity contribution in [3.8, 4) is 0 Å². The Bertz CT molecular complexity index is 672. The number of nitrogens with zero attached hydrogens (tertiary/aromatic N) is 2. The summed E-state index contributed by atoms with van der Waals surface area (Å²) in [6.07, 6.45) is 8.08. The van der Waals surface area contributed by atoms with Gasteiger partial charge in [-0.15, -0.1) is 0 Å². The highest BCUT2D eigenvalue weighted by Crippen LogP contribution is 2.11. The molecule has 0 aliphatic heterocycles. The molecule has 0 unspecified atom stereocenters. The quantitative estimate of drug-likeness (QED) is 0.525. The topological polar surface area (TPSA) is 48.9 Å². The highest BCUT2D eigenvalue weighted by molar-refractivity contribution is 5.85. The van der Waals surface area contributed by atoms with Crippen LogP contribution in [0.4, 0.5) is 0 Å². The standard InChI is InChI=1S/C20H28N2O2/c1-4-6-7-8-19-21(14-16(3)22(19)13-5-2)15-17-9-11-18(12-10-17)20(23)24/h9-12,14H,4-8,13,15H2,1-3H3. The fourth-order valence-electron chi connectivity index (χ4n) is 3.15.